The van der Waals surface area contributed by atoms with Gasteiger partial charge in [-0.15, -0.1) is 0 Å². The molecule has 0 heterocycles. The minimum atomic E-state index is -0.272. The first-order chi connectivity index (χ1) is 13.1. The number of carbonyl (C=O) groups is 2. The van der Waals surface area contributed by atoms with Gasteiger partial charge in [0.2, 0.25) is 0 Å². The molecule has 8 atom stereocenters. The summed E-state index contributed by atoms with van der Waals surface area (Å²) in [4.78, 5) is 23.3. The van der Waals surface area contributed by atoms with E-state index in [9.17, 15) is 9.59 Å². The predicted molar refractivity (Wildman–Crippen MR) is 109 cm³/mol. The smallest absolute Gasteiger partial charge is 0.303 e. The number of hydrogen-bond acceptors (Lipinski definition) is 4. The van der Waals surface area contributed by atoms with Crippen LogP contribution in [0.1, 0.15) is 67.2 Å². The Hall–Kier alpha value is -1.58. The van der Waals surface area contributed by atoms with Crippen molar-refractivity contribution in [2.45, 2.75) is 79.4 Å². The first-order valence-electron chi connectivity index (χ1n) is 10.7. The second kappa shape index (κ2) is 7.68. The Bertz CT molecular complexity index is 689. The second-order valence-electron chi connectivity index (χ2n) is 9.82. The highest BCUT2D eigenvalue weighted by Gasteiger charge is 2.71. The molecule has 0 saturated heterocycles. The van der Waals surface area contributed by atoms with Crippen molar-refractivity contribution in [2.75, 3.05) is 0 Å². The minimum absolute atomic E-state index is 0.0288. The predicted octanol–water partition coefficient (Wildman–Crippen LogP) is 5.08. The fraction of sp³-hybridized carbons (Fsp3) is 0.750. The van der Waals surface area contributed by atoms with Crippen molar-refractivity contribution in [1.82, 2.24) is 0 Å². The van der Waals surface area contributed by atoms with Crippen LogP contribution in [0.2, 0.25) is 0 Å². The molecule has 4 heteroatoms. The average Bonchev–Trinajstić information content (AvgIpc) is 2.99. The maximum atomic E-state index is 11.8. The molecule has 4 nitrogen and oxygen atoms in total. The Morgan fingerprint density at radius 1 is 1.18 bits per heavy atom. The lowest BCUT2D eigenvalue weighted by Gasteiger charge is -2.59. The monoisotopic (exact) mass is 388 g/mol. The van der Waals surface area contributed by atoms with E-state index in [1.165, 1.54) is 26.7 Å². The summed E-state index contributed by atoms with van der Waals surface area (Å²) < 4.78 is 11.4. The molecule has 3 aliphatic rings. The lowest BCUT2D eigenvalue weighted by molar-refractivity contribution is -0.177. The van der Waals surface area contributed by atoms with Gasteiger partial charge < -0.3 is 9.47 Å². The summed E-state index contributed by atoms with van der Waals surface area (Å²) in [5.41, 5.74) is 2.32. The highest BCUT2D eigenvalue weighted by molar-refractivity contribution is 5.66. The van der Waals surface area contributed by atoms with E-state index in [0.29, 0.717) is 30.1 Å². The number of esters is 2. The van der Waals surface area contributed by atoms with Gasteiger partial charge >= 0.3 is 11.9 Å². The van der Waals surface area contributed by atoms with Crippen molar-refractivity contribution < 1.29 is 19.1 Å². The Labute approximate surface area is 169 Å². The van der Waals surface area contributed by atoms with E-state index < -0.39 is 0 Å². The molecular formula is C24H36O4. The van der Waals surface area contributed by atoms with Crippen LogP contribution in [0.25, 0.3) is 0 Å². The number of fused-ring (bicyclic) bond motifs is 4. The van der Waals surface area contributed by atoms with Crippen molar-refractivity contribution in [1.29, 1.82) is 0 Å². The summed E-state index contributed by atoms with van der Waals surface area (Å²) in [6.45, 7) is 16.1. The van der Waals surface area contributed by atoms with E-state index in [4.69, 9.17) is 9.47 Å². The summed E-state index contributed by atoms with van der Waals surface area (Å²) in [7, 11) is 0. The van der Waals surface area contributed by atoms with Crippen LogP contribution in [-0.4, -0.2) is 24.1 Å². The van der Waals surface area contributed by atoms with Gasteiger partial charge in [0.1, 0.15) is 12.2 Å². The molecule has 0 amide bonds. The van der Waals surface area contributed by atoms with E-state index in [-0.39, 0.29) is 29.6 Å². The van der Waals surface area contributed by atoms with Crippen LogP contribution in [-0.2, 0) is 19.1 Å². The fourth-order valence-corrected chi connectivity index (χ4v) is 6.81. The molecule has 3 aliphatic carbocycles. The third kappa shape index (κ3) is 3.55. The fourth-order valence-electron chi connectivity index (χ4n) is 6.81. The van der Waals surface area contributed by atoms with Crippen molar-refractivity contribution in [3.63, 3.8) is 0 Å². The van der Waals surface area contributed by atoms with E-state index in [2.05, 4.69) is 20.4 Å². The molecule has 0 bridgehead atoms. The van der Waals surface area contributed by atoms with Crippen molar-refractivity contribution in [3.05, 3.63) is 23.8 Å². The zero-order chi connectivity index (χ0) is 20.8. The van der Waals surface area contributed by atoms with Crippen LogP contribution < -0.4 is 0 Å². The number of hydrogen-bond donors (Lipinski definition) is 0. The first-order valence-corrected chi connectivity index (χ1v) is 10.7. The molecule has 0 spiro atoms. The first kappa shape index (κ1) is 21.1. The zero-order valence-electron chi connectivity index (χ0n) is 18.3. The molecular weight excluding hydrogens is 352 g/mol. The van der Waals surface area contributed by atoms with Gasteiger partial charge in [0.05, 0.1) is 0 Å². The van der Waals surface area contributed by atoms with E-state index in [1.807, 2.05) is 19.9 Å². The van der Waals surface area contributed by atoms with Gasteiger partial charge in [0.25, 0.3) is 0 Å². The normalized spacial score (nSPS) is 39.2. The largest absolute Gasteiger partial charge is 0.462 e. The third-order valence-electron chi connectivity index (χ3n) is 7.71. The molecule has 0 aromatic rings. The molecule has 156 valence electrons. The Kier molecular flexibility index (Phi) is 5.80. The van der Waals surface area contributed by atoms with Gasteiger partial charge in [-0.1, -0.05) is 38.0 Å². The molecule has 0 radical (unpaired) electrons. The summed E-state index contributed by atoms with van der Waals surface area (Å²) in [5.74, 6) is 2.44. The van der Waals surface area contributed by atoms with Crippen molar-refractivity contribution in [2.24, 2.45) is 35.0 Å². The van der Waals surface area contributed by atoms with Gasteiger partial charge in [-0.2, -0.15) is 0 Å². The summed E-state index contributed by atoms with van der Waals surface area (Å²) in [5, 5.41) is 0. The highest BCUT2D eigenvalue weighted by atomic mass is 16.5. The number of ether oxygens (including phenoxy) is 2. The average molecular weight is 389 g/mol. The van der Waals surface area contributed by atoms with E-state index in [1.54, 1.807) is 0 Å². The molecule has 28 heavy (non-hydrogen) atoms. The maximum Gasteiger partial charge on any atom is 0.303 e. The number of allylic oxidation sites excluding steroid dienone is 1. The van der Waals surface area contributed by atoms with E-state index >= 15 is 0 Å². The molecule has 0 aromatic heterocycles. The molecule has 0 aromatic carbocycles. The zero-order valence-corrected chi connectivity index (χ0v) is 18.3. The van der Waals surface area contributed by atoms with Crippen molar-refractivity contribution in [3.8, 4) is 0 Å². The van der Waals surface area contributed by atoms with Crippen LogP contribution in [0, 0.1) is 35.0 Å². The van der Waals surface area contributed by atoms with Gasteiger partial charge in [0, 0.05) is 25.7 Å². The molecule has 3 saturated carbocycles. The van der Waals surface area contributed by atoms with Gasteiger partial charge in [-0.25, -0.2) is 0 Å². The molecule has 0 aliphatic heterocycles. The standard InChI is InChI=1S/C24H36O4/c1-13(2)10-18(27-16(5)25)11-15(4)19-12-21(28-17(6)26)24(7)20-9-8-14(3)22(20)23(19)24/h10,14,18-23H,4,8-9,11-12H2,1-3,5-7H3/t14-,18?,19+,20+,21-,22-,23+,24+/m1/s1. The Morgan fingerprint density at radius 2 is 1.86 bits per heavy atom. The minimum Gasteiger partial charge on any atom is -0.462 e. The highest BCUT2D eigenvalue weighted by Crippen LogP contribution is 2.73. The van der Waals surface area contributed by atoms with Crippen LogP contribution in [0.15, 0.2) is 23.8 Å². The Morgan fingerprint density at radius 3 is 2.43 bits per heavy atom. The second-order valence-corrected chi connectivity index (χ2v) is 9.82. The maximum absolute atomic E-state index is 11.8. The Balaban J connectivity index is 1.82. The summed E-state index contributed by atoms with van der Waals surface area (Å²) >= 11 is 0. The third-order valence-corrected chi connectivity index (χ3v) is 7.71. The molecule has 3 fully saturated rings. The van der Waals surface area contributed by atoms with Crippen LogP contribution >= 0.6 is 0 Å². The topological polar surface area (TPSA) is 52.6 Å². The van der Waals surface area contributed by atoms with Gasteiger partial charge in [-0.3, -0.25) is 9.59 Å². The summed E-state index contributed by atoms with van der Waals surface area (Å²) in [6.07, 6.45) is 5.70. The lowest BCUT2D eigenvalue weighted by atomic mass is 9.46. The van der Waals surface area contributed by atoms with Crippen LogP contribution in [0.4, 0.5) is 0 Å². The molecule has 1 unspecified atom stereocenters. The SMILES string of the molecule is C=C(CC(C=C(C)C)OC(C)=O)[C@@H]1C[C@@H](OC(C)=O)[C@@]2(C)[C@@H]1[C@@H]1[C@H](C)CC[C@@H]12. The van der Waals surface area contributed by atoms with Crippen molar-refractivity contribution >= 4 is 11.9 Å². The van der Waals surface area contributed by atoms with Gasteiger partial charge in [0.15, 0.2) is 0 Å². The molecule has 3 rings (SSSR count). The van der Waals surface area contributed by atoms with E-state index in [0.717, 1.165) is 23.5 Å². The lowest BCUT2D eigenvalue weighted by Crippen LogP contribution is -2.57. The quantitative estimate of drug-likeness (QED) is 0.470. The number of carbonyl (C=O) groups excluding carboxylic acids is 2. The number of rotatable bonds is 6. The van der Waals surface area contributed by atoms with Crippen LogP contribution in [0.5, 0.6) is 0 Å². The molecule has 0 N–H and O–H groups in total. The van der Waals surface area contributed by atoms with Gasteiger partial charge in [-0.05, 0) is 62.4 Å². The summed E-state index contributed by atoms with van der Waals surface area (Å²) in [6, 6.07) is 0. The van der Waals surface area contributed by atoms with Crippen LogP contribution in [0.3, 0.4) is 0 Å².